The first-order chi connectivity index (χ1) is 13.6. The van der Waals surface area contributed by atoms with Gasteiger partial charge in [0, 0.05) is 31.4 Å². The fourth-order valence-electron chi connectivity index (χ4n) is 3.72. The molecule has 0 bridgehead atoms. The molecule has 0 spiro atoms. The van der Waals surface area contributed by atoms with Gasteiger partial charge in [-0.15, -0.1) is 5.10 Å². The highest BCUT2D eigenvalue weighted by molar-refractivity contribution is 6.01. The van der Waals surface area contributed by atoms with Crippen LogP contribution in [-0.2, 0) is 11.8 Å². The van der Waals surface area contributed by atoms with Gasteiger partial charge in [-0.25, -0.2) is 4.98 Å². The van der Waals surface area contributed by atoms with Gasteiger partial charge in [-0.2, -0.15) is 14.9 Å². The number of H-pyrrole nitrogens is 1. The molecular formula is C18H21N9O. The minimum atomic E-state index is 0.221. The Morgan fingerprint density at radius 2 is 2.18 bits per heavy atom. The molecule has 4 aromatic rings. The van der Waals surface area contributed by atoms with Crippen LogP contribution < -0.4 is 10.6 Å². The molecule has 5 heterocycles. The number of rotatable bonds is 3. The molecule has 144 valence electrons. The number of morpholine rings is 1. The third kappa shape index (κ3) is 2.53. The molecule has 0 unspecified atom stereocenters. The van der Waals surface area contributed by atoms with Gasteiger partial charge >= 0.3 is 0 Å². The molecule has 0 aliphatic carbocycles. The van der Waals surface area contributed by atoms with E-state index in [9.17, 15) is 0 Å². The Hall–Kier alpha value is -3.40. The molecule has 1 fully saturated rings. The first-order valence-corrected chi connectivity index (χ1v) is 9.15. The molecule has 4 aromatic heterocycles. The highest BCUT2D eigenvalue weighted by atomic mass is 16.5. The minimum absolute atomic E-state index is 0.221. The van der Waals surface area contributed by atoms with Crippen molar-refractivity contribution in [3.63, 3.8) is 0 Å². The lowest BCUT2D eigenvalue weighted by molar-refractivity contribution is 0.0985. The van der Waals surface area contributed by atoms with Crippen molar-refractivity contribution in [3.05, 3.63) is 30.6 Å². The smallest absolute Gasteiger partial charge is 0.169 e. The Morgan fingerprint density at radius 1 is 1.29 bits per heavy atom. The van der Waals surface area contributed by atoms with Crippen LogP contribution in [0.1, 0.15) is 6.92 Å². The van der Waals surface area contributed by atoms with Gasteiger partial charge in [-0.1, -0.05) is 0 Å². The normalized spacial score (nSPS) is 17.5. The van der Waals surface area contributed by atoms with Gasteiger partial charge < -0.3 is 15.4 Å². The summed E-state index contributed by atoms with van der Waals surface area (Å²) in [4.78, 5) is 7.19. The third-order valence-electron chi connectivity index (χ3n) is 5.12. The molecule has 10 heteroatoms. The number of nitrogen functional groups attached to an aromatic ring is 1. The molecule has 1 atom stereocenters. The Kier molecular flexibility index (Phi) is 3.79. The standard InChI is InChI=1S/C18H21N9O/c1-11-10-28-8-7-26(11)15-9-12(13-3-6-21-25(13)2)16-17(19)24-27(18(16)22-15)14-4-5-20-23-14/h3-6,9,11H,7-8,10H2,1-2H3,(H2,19,24)(H,20,23)/t11-/m1/s1. The first-order valence-electron chi connectivity index (χ1n) is 9.15. The molecule has 10 nitrogen and oxygen atoms in total. The molecule has 1 aliphatic rings. The third-order valence-corrected chi connectivity index (χ3v) is 5.12. The first kappa shape index (κ1) is 16.8. The van der Waals surface area contributed by atoms with Crippen molar-refractivity contribution in [3.8, 4) is 17.1 Å². The number of aromatic nitrogens is 7. The van der Waals surface area contributed by atoms with E-state index in [1.165, 1.54) is 0 Å². The van der Waals surface area contributed by atoms with E-state index in [0.717, 1.165) is 29.0 Å². The molecular weight excluding hydrogens is 358 g/mol. The average Bonchev–Trinajstić information content (AvgIpc) is 3.42. The average molecular weight is 379 g/mol. The monoisotopic (exact) mass is 379 g/mol. The summed E-state index contributed by atoms with van der Waals surface area (Å²) < 4.78 is 9.12. The van der Waals surface area contributed by atoms with Crippen LogP contribution in [0.2, 0.25) is 0 Å². The van der Waals surface area contributed by atoms with Crippen LogP contribution in [0.3, 0.4) is 0 Å². The van der Waals surface area contributed by atoms with Crippen molar-refractivity contribution in [1.82, 2.24) is 34.7 Å². The van der Waals surface area contributed by atoms with Gasteiger partial charge in [0.15, 0.2) is 17.3 Å². The predicted octanol–water partition coefficient (Wildman–Crippen LogP) is 1.35. The van der Waals surface area contributed by atoms with Gasteiger partial charge in [0.1, 0.15) is 5.82 Å². The van der Waals surface area contributed by atoms with Crippen molar-refractivity contribution in [2.45, 2.75) is 13.0 Å². The lowest BCUT2D eigenvalue weighted by Crippen LogP contribution is -2.44. The highest BCUT2D eigenvalue weighted by Crippen LogP contribution is 2.35. The number of nitrogens with zero attached hydrogens (tertiary/aromatic N) is 7. The van der Waals surface area contributed by atoms with E-state index < -0.39 is 0 Å². The van der Waals surface area contributed by atoms with Gasteiger partial charge in [0.25, 0.3) is 0 Å². The van der Waals surface area contributed by atoms with E-state index in [2.05, 4.69) is 38.3 Å². The molecule has 0 aromatic carbocycles. The van der Waals surface area contributed by atoms with Crippen molar-refractivity contribution >= 4 is 22.7 Å². The maximum Gasteiger partial charge on any atom is 0.169 e. The summed E-state index contributed by atoms with van der Waals surface area (Å²) in [5, 5.41) is 16.6. The number of hydrogen-bond donors (Lipinski definition) is 2. The van der Waals surface area contributed by atoms with Crippen LogP contribution >= 0.6 is 0 Å². The largest absolute Gasteiger partial charge is 0.382 e. The second-order valence-electron chi connectivity index (χ2n) is 6.92. The quantitative estimate of drug-likeness (QED) is 0.552. The molecule has 1 saturated heterocycles. The Bertz CT molecular complexity index is 1130. The number of nitrogens with two attached hydrogens (primary N) is 1. The fourth-order valence-corrected chi connectivity index (χ4v) is 3.72. The summed E-state index contributed by atoms with van der Waals surface area (Å²) in [6.45, 7) is 4.25. The van der Waals surface area contributed by atoms with Gasteiger partial charge in [-0.05, 0) is 19.1 Å². The molecule has 3 N–H and O–H groups in total. The summed E-state index contributed by atoms with van der Waals surface area (Å²) in [6.07, 6.45) is 3.45. The maximum atomic E-state index is 6.33. The van der Waals surface area contributed by atoms with Gasteiger partial charge in [0.2, 0.25) is 0 Å². The highest BCUT2D eigenvalue weighted by Gasteiger charge is 2.25. The van der Waals surface area contributed by atoms with Crippen molar-refractivity contribution < 1.29 is 4.74 Å². The molecule has 0 saturated carbocycles. The van der Waals surface area contributed by atoms with E-state index in [-0.39, 0.29) is 6.04 Å². The van der Waals surface area contributed by atoms with Gasteiger partial charge in [0.05, 0.1) is 36.5 Å². The summed E-state index contributed by atoms with van der Waals surface area (Å²) in [5.74, 6) is 1.98. The lowest BCUT2D eigenvalue weighted by atomic mass is 10.1. The zero-order valence-electron chi connectivity index (χ0n) is 15.7. The number of aromatic amines is 1. The second kappa shape index (κ2) is 6.34. The molecule has 5 rings (SSSR count). The van der Waals surface area contributed by atoms with Crippen LogP contribution in [-0.4, -0.2) is 60.5 Å². The van der Waals surface area contributed by atoms with Crippen LogP contribution in [0.25, 0.3) is 28.1 Å². The van der Waals surface area contributed by atoms with E-state index in [1.54, 1.807) is 17.1 Å². The zero-order valence-corrected chi connectivity index (χ0v) is 15.7. The summed E-state index contributed by atoms with van der Waals surface area (Å²) in [7, 11) is 1.91. The molecule has 28 heavy (non-hydrogen) atoms. The number of ether oxygens (including phenoxy) is 1. The van der Waals surface area contributed by atoms with Gasteiger partial charge in [-0.3, -0.25) is 9.78 Å². The number of pyridine rings is 1. The van der Waals surface area contributed by atoms with Crippen LogP contribution in [0.15, 0.2) is 30.6 Å². The fraction of sp³-hybridized carbons (Fsp3) is 0.333. The van der Waals surface area contributed by atoms with E-state index in [4.69, 9.17) is 15.5 Å². The number of fused-ring (bicyclic) bond motifs is 1. The van der Waals surface area contributed by atoms with Crippen LogP contribution in [0, 0.1) is 0 Å². The molecule has 1 aliphatic heterocycles. The number of anilines is 2. The Labute approximate surface area is 160 Å². The summed E-state index contributed by atoms with van der Waals surface area (Å²) in [5.41, 5.74) is 8.90. The van der Waals surface area contributed by atoms with E-state index >= 15 is 0 Å². The lowest BCUT2D eigenvalue weighted by Gasteiger charge is -2.34. The minimum Gasteiger partial charge on any atom is -0.382 e. The summed E-state index contributed by atoms with van der Waals surface area (Å²) in [6, 6.07) is 6.09. The van der Waals surface area contributed by atoms with Crippen molar-refractivity contribution in [2.75, 3.05) is 30.4 Å². The number of aryl methyl sites for hydroxylation is 1. The van der Waals surface area contributed by atoms with E-state index in [1.807, 2.05) is 23.9 Å². The zero-order chi connectivity index (χ0) is 19.3. The maximum absolute atomic E-state index is 6.33. The SMILES string of the molecule is C[C@@H]1COCCN1c1cc(-c2ccnn2C)c2c(N)nn(-c3ccn[nH]3)c2n1. The Morgan fingerprint density at radius 3 is 2.89 bits per heavy atom. The summed E-state index contributed by atoms with van der Waals surface area (Å²) >= 11 is 0. The molecule has 0 radical (unpaired) electrons. The predicted molar refractivity (Wildman–Crippen MR) is 105 cm³/mol. The van der Waals surface area contributed by atoms with Crippen LogP contribution in [0.5, 0.6) is 0 Å². The number of nitrogens with one attached hydrogen (secondary N) is 1. The molecule has 0 amide bonds. The topological polar surface area (TPSA) is 116 Å². The second-order valence-corrected chi connectivity index (χ2v) is 6.92. The van der Waals surface area contributed by atoms with Crippen LogP contribution in [0.4, 0.5) is 11.6 Å². The van der Waals surface area contributed by atoms with Crippen molar-refractivity contribution in [1.29, 1.82) is 0 Å². The number of hydrogen-bond acceptors (Lipinski definition) is 7. The van der Waals surface area contributed by atoms with E-state index in [0.29, 0.717) is 30.5 Å². The Balaban J connectivity index is 1.80. The van der Waals surface area contributed by atoms with Crippen molar-refractivity contribution in [2.24, 2.45) is 7.05 Å².